The molecule has 1 aromatic carbocycles. The number of benzene rings is 1. The number of nitriles is 1. The molecule has 0 unspecified atom stereocenters. The van der Waals surface area contributed by atoms with Crippen molar-refractivity contribution in [2.24, 2.45) is 0 Å². The van der Waals surface area contributed by atoms with E-state index in [9.17, 15) is 8.78 Å². The Balaban J connectivity index is 3.20. The second-order valence-electron chi connectivity index (χ2n) is 2.36. The summed E-state index contributed by atoms with van der Waals surface area (Å²) < 4.78 is 27.8. The lowest BCUT2D eigenvalue weighted by Crippen LogP contribution is -2.05. The van der Waals surface area contributed by atoms with Crippen LogP contribution in [-0.4, -0.2) is 6.61 Å². The highest BCUT2D eigenvalue weighted by atomic mass is 35.5. The highest BCUT2D eigenvalue weighted by Crippen LogP contribution is 2.29. The monoisotopic (exact) mass is 218 g/mol. The Morgan fingerprint density at radius 3 is 2.64 bits per heavy atom. The molecule has 1 rings (SSSR count). The van der Waals surface area contributed by atoms with Gasteiger partial charge in [-0.15, -0.1) is 0 Å². The van der Waals surface area contributed by atoms with E-state index in [1.54, 1.807) is 6.07 Å². The molecule has 0 aromatic heterocycles. The Morgan fingerprint density at radius 2 is 2.14 bits per heavy atom. The Labute approximate surface area is 83.6 Å². The van der Waals surface area contributed by atoms with E-state index in [1.807, 2.05) is 0 Å². The average Bonchev–Trinajstić information content (AvgIpc) is 2.01. The highest BCUT2D eigenvalue weighted by molar-refractivity contribution is 6.31. The van der Waals surface area contributed by atoms with Crippen molar-refractivity contribution >= 4 is 17.3 Å². The van der Waals surface area contributed by atoms with Gasteiger partial charge in [0.15, 0.2) is 0 Å². The van der Waals surface area contributed by atoms with Gasteiger partial charge in [-0.05, 0) is 6.07 Å². The third kappa shape index (κ3) is 2.24. The second-order valence-corrected chi connectivity index (χ2v) is 2.79. The van der Waals surface area contributed by atoms with Gasteiger partial charge in [0.05, 0.1) is 5.69 Å². The maximum absolute atomic E-state index is 11.9. The first kappa shape index (κ1) is 10.5. The lowest BCUT2D eigenvalue weighted by Gasteiger charge is -2.08. The minimum atomic E-state index is -3.01. The van der Waals surface area contributed by atoms with E-state index in [1.165, 1.54) is 6.07 Å². The van der Waals surface area contributed by atoms with Gasteiger partial charge in [0.1, 0.15) is 17.4 Å². The summed E-state index contributed by atoms with van der Waals surface area (Å²) in [5.74, 6) is -0.312. The molecule has 6 heteroatoms. The van der Waals surface area contributed by atoms with Crippen LogP contribution in [0.4, 0.5) is 14.5 Å². The molecule has 0 radical (unpaired) electrons. The van der Waals surface area contributed by atoms with E-state index in [2.05, 4.69) is 4.74 Å². The lowest BCUT2D eigenvalue weighted by molar-refractivity contribution is -0.0499. The van der Waals surface area contributed by atoms with E-state index in [4.69, 9.17) is 22.6 Å². The zero-order valence-corrected chi connectivity index (χ0v) is 7.55. The van der Waals surface area contributed by atoms with E-state index < -0.39 is 6.61 Å². The van der Waals surface area contributed by atoms with E-state index >= 15 is 0 Å². The first-order chi connectivity index (χ1) is 6.54. The third-order valence-corrected chi connectivity index (χ3v) is 1.64. The number of nitrogen functional groups attached to an aromatic ring is 1. The summed E-state index contributed by atoms with van der Waals surface area (Å²) in [4.78, 5) is 0. The van der Waals surface area contributed by atoms with Gasteiger partial charge in [-0.2, -0.15) is 14.0 Å². The number of rotatable bonds is 2. The molecule has 0 saturated heterocycles. The molecule has 0 spiro atoms. The second kappa shape index (κ2) is 4.11. The minimum Gasteiger partial charge on any atom is -0.433 e. The molecule has 0 fully saturated rings. The third-order valence-electron chi connectivity index (χ3n) is 1.43. The van der Waals surface area contributed by atoms with Gasteiger partial charge in [-0.3, -0.25) is 0 Å². The molecule has 0 bridgehead atoms. The average molecular weight is 219 g/mol. The fraction of sp³-hybridized carbons (Fsp3) is 0.125. The first-order valence-corrected chi connectivity index (χ1v) is 3.86. The number of hydrogen-bond acceptors (Lipinski definition) is 3. The van der Waals surface area contributed by atoms with Crippen LogP contribution in [0.3, 0.4) is 0 Å². The number of nitrogens with zero attached hydrogens (tertiary/aromatic N) is 1. The van der Waals surface area contributed by atoms with Crippen LogP contribution < -0.4 is 10.5 Å². The molecule has 74 valence electrons. The Morgan fingerprint density at radius 1 is 1.50 bits per heavy atom. The van der Waals surface area contributed by atoms with Crippen LogP contribution in [0.15, 0.2) is 12.1 Å². The van der Waals surface area contributed by atoms with Gasteiger partial charge in [0.2, 0.25) is 0 Å². The molecule has 1 aromatic rings. The summed E-state index contributed by atoms with van der Waals surface area (Å²) in [5.41, 5.74) is 5.24. The van der Waals surface area contributed by atoms with Crippen LogP contribution >= 0.6 is 11.6 Å². The maximum Gasteiger partial charge on any atom is 0.387 e. The van der Waals surface area contributed by atoms with Gasteiger partial charge >= 0.3 is 6.61 Å². The number of alkyl halides is 2. The Bertz CT molecular complexity index is 390. The standard InChI is InChI=1S/C8H5ClF2N2O/c9-4-1-6(13)5(3-12)7(2-4)14-8(10)11/h1-2,8H,13H2. The molecule has 0 saturated carbocycles. The molecular weight excluding hydrogens is 214 g/mol. The fourth-order valence-corrected chi connectivity index (χ4v) is 1.13. The number of halogens is 3. The smallest absolute Gasteiger partial charge is 0.387 e. The van der Waals surface area contributed by atoms with Crippen LogP contribution in [0.25, 0.3) is 0 Å². The molecular formula is C8H5ClF2N2O. The van der Waals surface area contributed by atoms with Gasteiger partial charge in [0.25, 0.3) is 0 Å². The van der Waals surface area contributed by atoms with Crippen molar-refractivity contribution in [3.05, 3.63) is 22.7 Å². The minimum absolute atomic E-state index is 0.00986. The van der Waals surface area contributed by atoms with E-state index in [0.29, 0.717) is 0 Å². The van der Waals surface area contributed by atoms with Gasteiger partial charge in [-0.25, -0.2) is 0 Å². The summed E-state index contributed by atoms with van der Waals surface area (Å²) in [6, 6.07) is 4.06. The van der Waals surface area contributed by atoms with Gasteiger partial charge in [-0.1, -0.05) is 11.6 Å². The molecule has 14 heavy (non-hydrogen) atoms. The highest BCUT2D eigenvalue weighted by Gasteiger charge is 2.13. The van der Waals surface area contributed by atoms with Crippen LogP contribution in [0.5, 0.6) is 5.75 Å². The van der Waals surface area contributed by atoms with Crippen molar-refractivity contribution in [2.45, 2.75) is 6.61 Å². The normalized spacial score (nSPS) is 9.93. The summed E-state index contributed by atoms with van der Waals surface area (Å²) in [6.07, 6.45) is 0. The SMILES string of the molecule is N#Cc1c(N)cc(Cl)cc1OC(F)F. The van der Waals surface area contributed by atoms with Crippen molar-refractivity contribution in [3.63, 3.8) is 0 Å². The van der Waals surface area contributed by atoms with Crippen LogP contribution in [0.2, 0.25) is 5.02 Å². The zero-order chi connectivity index (χ0) is 10.7. The van der Waals surface area contributed by atoms with Crippen molar-refractivity contribution in [3.8, 4) is 11.8 Å². The zero-order valence-electron chi connectivity index (χ0n) is 6.80. The molecule has 0 heterocycles. The summed E-state index contributed by atoms with van der Waals surface area (Å²) in [5, 5.41) is 8.74. The summed E-state index contributed by atoms with van der Waals surface area (Å²) in [6.45, 7) is -3.01. The first-order valence-electron chi connectivity index (χ1n) is 3.48. The Hall–Kier alpha value is -1.54. The quantitative estimate of drug-likeness (QED) is 0.776. The molecule has 2 N–H and O–H groups in total. The van der Waals surface area contributed by atoms with Gasteiger partial charge in [0, 0.05) is 11.1 Å². The van der Waals surface area contributed by atoms with Gasteiger partial charge < -0.3 is 10.5 Å². The van der Waals surface area contributed by atoms with Crippen LogP contribution in [-0.2, 0) is 0 Å². The summed E-state index contributed by atoms with van der Waals surface area (Å²) in [7, 11) is 0. The lowest BCUT2D eigenvalue weighted by atomic mass is 10.2. The van der Waals surface area contributed by atoms with Crippen LogP contribution in [0, 0.1) is 11.3 Å². The molecule has 0 atom stereocenters. The number of hydrogen-bond donors (Lipinski definition) is 1. The maximum atomic E-state index is 11.9. The largest absolute Gasteiger partial charge is 0.433 e. The molecule has 3 nitrogen and oxygen atoms in total. The van der Waals surface area contributed by atoms with Crippen molar-refractivity contribution in [1.82, 2.24) is 0 Å². The Kier molecular flexibility index (Phi) is 3.10. The molecule has 0 aliphatic rings. The van der Waals surface area contributed by atoms with Crippen molar-refractivity contribution < 1.29 is 13.5 Å². The topological polar surface area (TPSA) is 59.0 Å². The fourth-order valence-electron chi connectivity index (χ4n) is 0.911. The molecule has 0 aliphatic heterocycles. The number of ether oxygens (including phenoxy) is 1. The number of nitrogens with two attached hydrogens (primary N) is 1. The van der Waals surface area contributed by atoms with E-state index in [0.717, 1.165) is 6.07 Å². The molecule has 0 aliphatic carbocycles. The number of anilines is 1. The predicted molar refractivity (Wildman–Crippen MR) is 47.2 cm³/mol. The van der Waals surface area contributed by atoms with Crippen molar-refractivity contribution in [1.29, 1.82) is 5.26 Å². The predicted octanol–water partition coefficient (Wildman–Crippen LogP) is 2.40. The molecule has 0 amide bonds. The summed E-state index contributed by atoms with van der Waals surface area (Å²) >= 11 is 5.55. The van der Waals surface area contributed by atoms with Crippen LogP contribution in [0.1, 0.15) is 5.56 Å². The van der Waals surface area contributed by atoms with E-state index in [-0.39, 0.29) is 22.0 Å². The van der Waals surface area contributed by atoms with Crippen molar-refractivity contribution in [2.75, 3.05) is 5.73 Å².